The van der Waals surface area contributed by atoms with E-state index in [0.29, 0.717) is 37.7 Å². The highest BCUT2D eigenvalue weighted by atomic mass is 16.5. The number of H-pyrrole nitrogens is 1. The summed E-state index contributed by atoms with van der Waals surface area (Å²) in [7, 11) is 0. The lowest BCUT2D eigenvalue weighted by Crippen LogP contribution is -2.45. The molecule has 3 aromatic rings. The van der Waals surface area contributed by atoms with Crippen LogP contribution in [0.3, 0.4) is 0 Å². The molecule has 0 atom stereocenters. The van der Waals surface area contributed by atoms with Crippen molar-refractivity contribution in [1.29, 1.82) is 0 Å². The van der Waals surface area contributed by atoms with Crippen molar-refractivity contribution in [1.82, 2.24) is 15.2 Å². The van der Waals surface area contributed by atoms with E-state index in [1.807, 2.05) is 24.3 Å². The number of aromatic nitrogens is 1. The zero-order chi connectivity index (χ0) is 25.9. The van der Waals surface area contributed by atoms with E-state index in [1.165, 1.54) is 30.9 Å². The van der Waals surface area contributed by atoms with E-state index in [0.717, 1.165) is 49.7 Å². The van der Waals surface area contributed by atoms with Gasteiger partial charge >= 0.3 is 0 Å². The molecule has 7 heteroatoms. The average Bonchev–Trinajstić information content (AvgIpc) is 2.92. The molecular weight excluding hydrogens is 466 g/mol. The monoisotopic (exact) mass is 505 g/mol. The van der Waals surface area contributed by atoms with E-state index >= 15 is 0 Å². The van der Waals surface area contributed by atoms with Crippen molar-refractivity contribution >= 4 is 16.8 Å². The van der Waals surface area contributed by atoms with Gasteiger partial charge in [0.05, 0.1) is 25.2 Å². The summed E-state index contributed by atoms with van der Waals surface area (Å²) in [5.74, 6) is 0.261. The Morgan fingerprint density at radius 1 is 0.973 bits per heavy atom. The summed E-state index contributed by atoms with van der Waals surface area (Å²) in [6.07, 6.45) is 7.83. The molecule has 1 aromatic heterocycles. The normalized spacial score (nSPS) is 14.2. The molecule has 4 rings (SSSR count). The first kappa shape index (κ1) is 26.9. The van der Waals surface area contributed by atoms with Crippen LogP contribution in [0.5, 0.6) is 5.75 Å². The molecule has 1 saturated carbocycles. The third-order valence-corrected chi connectivity index (χ3v) is 7.24. The van der Waals surface area contributed by atoms with Crippen LogP contribution in [0.1, 0.15) is 49.7 Å². The Labute approximate surface area is 218 Å². The van der Waals surface area contributed by atoms with Crippen LogP contribution in [-0.2, 0) is 22.4 Å². The number of aromatic amines is 1. The van der Waals surface area contributed by atoms with Crippen LogP contribution in [-0.4, -0.2) is 59.8 Å². The maximum atomic E-state index is 13.1. The zero-order valence-corrected chi connectivity index (χ0v) is 21.6. The number of amides is 1. The number of hydrogen-bond donors (Lipinski definition) is 3. The number of aromatic hydroxyl groups is 1. The van der Waals surface area contributed by atoms with Crippen LogP contribution < -0.4 is 10.9 Å². The number of phenols is 1. The number of ether oxygens (including phenoxy) is 1. The summed E-state index contributed by atoms with van der Waals surface area (Å²) in [4.78, 5) is 29.6. The second-order valence-electron chi connectivity index (χ2n) is 9.83. The first-order valence-corrected chi connectivity index (χ1v) is 13.6. The van der Waals surface area contributed by atoms with Gasteiger partial charge < -0.3 is 25.0 Å². The van der Waals surface area contributed by atoms with E-state index in [9.17, 15) is 14.7 Å². The predicted molar refractivity (Wildman–Crippen MR) is 147 cm³/mol. The number of rotatable bonds is 13. The van der Waals surface area contributed by atoms with Crippen LogP contribution >= 0.6 is 0 Å². The molecule has 0 aliphatic heterocycles. The number of hydrogen-bond acceptors (Lipinski definition) is 5. The van der Waals surface area contributed by atoms with Gasteiger partial charge in [0.15, 0.2) is 0 Å². The number of benzene rings is 2. The molecule has 1 fully saturated rings. The molecule has 0 radical (unpaired) electrons. The van der Waals surface area contributed by atoms with Gasteiger partial charge in [0.25, 0.3) is 0 Å². The first-order chi connectivity index (χ1) is 18.1. The Morgan fingerprint density at radius 2 is 1.78 bits per heavy atom. The van der Waals surface area contributed by atoms with Crippen LogP contribution in [0.25, 0.3) is 10.9 Å². The number of fused-ring (bicyclic) bond motifs is 1. The molecule has 1 aliphatic rings. The Morgan fingerprint density at radius 3 is 2.59 bits per heavy atom. The van der Waals surface area contributed by atoms with Crippen LogP contribution in [0.15, 0.2) is 59.4 Å². The third-order valence-electron chi connectivity index (χ3n) is 7.24. The molecule has 37 heavy (non-hydrogen) atoms. The summed E-state index contributed by atoms with van der Waals surface area (Å²) in [5.41, 5.74) is 2.55. The van der Waals surface area contributed by atoms with Crippen LogP contribution in [0.4, 0.5) is 0 Å². The summed E-state index contributed by atoms with van der Waals surface area (Å²) in [6.45, 7) is 3.25. The van der Waals surface area contributed by atoms with E-state index < -0.39 is 0 Å². The molecule has 1 heterocycles. The fourth-order valence-electron chi connectivity index (χ4n) is 5.21. The number of carbonyl (C=O) groups excluding carboxylic acids is 1. The molecular formula is C30H39N3O4. The molecule has 0 saturated heterocycles. The molecule has 0 spiro atoms. The van der Waals surface area contributed by atoms with Gasteiger partial charge in [0, 0.05) is 30.6 Å². The molecule has 0 bridgehead atoms. The lowest BCUT2D eigenvalue weighted by atomic mass is 9.94. The third kappa shape index (κ3) is 7.91. The van der Waals surface area contributed by atoms with Gasteiger partial charge in [-0.3, -0.25) is 9.59 Å². The van der Waals surface area contributed by atoms with Gasteiger partial charge in [0.1, 0.15) is 5.75 Å². The minimum atomic E-state index is -0.229. The van der Waals surface area contributed by atoms with Crippen molar-refractivity contribution < 1.29 is 14.6 Å². The van der Waals surface area contributed by atoms with Gasteiger partial charge in [-0.05, 0) is 55.5 Å². The molecule has 7 nitrogen and oxygen atoms in total. The van der Waals surface area contributed by atoms with Gasteiger partial charge in [-0.25, -0.2) is 0 Å². The molecule has 1 amide bonds. The number of pyridine rings is 1. The number of nitrogens with one attached hydrogen (secondary N) is 2. The van der Waals surface area contributed by atoms with Gasteiger partial charge in [-0.2, -0.15) is 0 Å². The summed E-state index contributed by atoms with van der Waals surface area (Å²) < 4.78 is 5.79. The quantitative estimate of drug-likeness (QED) is 0.303. The van der Waals surface area contributed by atoms with Crippen molar-refractivity contribution in [3.05, 3.63) is 76.1 Å². The minimum absolute atomic E-state index is 0.0788. The summed E-state index contributed by atoms with van der Waals surface area (Å²) in [5, 5.41) is 14.4. The zero-order valence-electron chi connectivity index (χ0n) is 21.6. The van der Waals surface area contributed by atoms with Gasteiger partial charge in [0.2, 0.25) is 11.5 Å². The second kappa shape index (κ2) is 14.0. The van der Waals surface area contributed by atoms with Crippen molar-refractivity contribution in [3.8, 4) is 5.75 Å². The second-order valence-corrected chi connectivity index (χ2v) is 9.83. The largest absolute Gasteiger partial charge is 0.506 e. The Hall–Kier alpha value is -3.16. The Balaban J connectivity index is 1.23. The number of carbonyl (C=O) groups is 1. The van der Waals surface area contributed by atoms with Crippen LogP contribution in [0.2, 0.25) is 0 Å². The van der Waals surface area contributed by atoms with E-state index in [-0.39, 0.29) is 17.2 Å². The summed E-state index contributed by atoms with van der Waals surface area (Å²) in [6, 6.07) is 17.3. The molecule has 3 N–H and O–H groups in total. The maximum absolute atomic E-state index is 13.1. The summed E-state index contributed by atoms with van der Waals surface area (Å²) >= 11 is 0. The van der Waals surface area contributed by atoms with Gasteiger partial charge in [-0.1, -0.05) is 55.7 Å². The van der Waals surface area contributed by atoms with Crippen LogP contribution in [0, 0.1) is 0 Å². The molecule has 2 aromatic carbocycles. The van der Waals surface area contributed by atoms with E-state index in [4.69, 9.17) is 4.74 Å². The fraction of sp³-hybridized carbons (Fsp3) is 0.467. The molecule has 198 valence electrons. The molecule has 1 aliphatic carbocycles. The highest BCUT2D eigenvalue weighted by Gasteiger charge is 2.24. The SMILES string of the molecule is O=C(CCOCCc1ccccc1)N(CCNCCc1ccc(O)c2[nH]c(=O)ccc12)C1CCCCC1. The molecule has 0 unspecified atom stereocenters. The first-order valence-electron chi connectivity index (χ1n) is 13.6. The highest BCUT2D eigenvalue weighted by Crippen LogP contribution is 2.25. The van der Waals surface area contributed by atoms with E-state index in [2.05, 4.69) is 27.3 Å². The van der Waals surface area contributed by atoms with Crippen molar-refractivity contribution in [2.75, 3.05) is 32.8 Å². The van der Waals surface area contributed by atoms with Gasteiger partial charge in [-0.15, -0.1) is 0 Å². The maximum Gasteiger partial charge on any atom is 0.248 e. The topological polar surface area (TPSA) is 94.7 Å². The van der Waals surface area contributed by atoms with Crippen molar-refractivity contribution in [2.45, 2.75) is 57.4 Å². The van der Waals surface area contributed by atoms with E-state index in [1.54, 1.807) is 12.1 Å². The lowest BCUT2D eigenvalue weighted by molar-refractivity contribution is -0.135. The minimum Gasteiger partial charge on any atom is -0.506 e. The van der Waals surface area contributed by atoms with Crippen molar-refractivity contribution in [2.24, 2.45) is 0 Å². The smallest absolute Gasteiger partial charge is 0.248 e. The Kier molecular flexibility index (Phi) is 10.1. The number of phenolic OH excluding ortho intramolecular Hbond substituents is 1. The van der Waals surface area contributed by atoms with Crippen molar-refractivity contribution in [3.63, 3.8) is 0 Å². The average molecular weight is 506 g/mol. The Bertz CT molecular complexity index is 1190. The lowest BCUT2D eigenvalue weighted by Gasteiger charge is -2.34. The highest BCUT2D eigenvalue weighted by molar-refractivity contribution is 5.87. The predicted octanol–water partition coefficient (Wildman–Crippen LogP) is 4.18. The fourth-order valence-corrected chi connectivity index (χ4v) is 5.21. The standard InChI is InChI=1S/C30H39N3O4/c34-27-13-11-24(26-12-14-28(35)32-30(26)27)15-18-31-19-20-33(25-9-5-2-6-10-25)29(36)17-22-37-21-16-23-7-3-1-4-8-23/h1,3-4,7-8,11-14,25,31,34H,2,5-6,9-10,15-22H2,(H,32,35). The number of nitrogens with zero attached hydrogens (tertiary/aromatic N) is 1.